The summed E-state index contributed by atoms with van der Waals surface area (Å²) >= 11 is 3.40. The third kappa shape index (κ3) is 3.00. The first kappa shape index (κ1) is 22.8. The molecule has 3 aliphatic carbocycles. The first-order valence-electron chi connectivity index (χ1n) is 13.9. The van der Waals surface area contributed by atoms with Crippen molar-refractivity contribution in [2.24, 2.45) is 11.3 Å². The molecule has 3 saturated heterocycles. The molecule has 9 rings (SSSR count). The van der Waals surface area contributed by atoms with Crippen molar-refractivity contribution in [1.82, 2.24) is 19.8 Å². The Morgan fingerprint density at radius 2 is 2.00 bits per heavy atom. The average molecular weight is 566 g/mol. The zero-order valence-electron chi connectivity index (χ0n) is 21.3. The Morgan fingerprint density at radius 3 is 2.78 bits per heavy atom. The Kier molecular flexibility index (Phi) is 4.87. The number of carbonyl (C=O) groups excluding carboxylic acids is 1. The maximum atomic E-state index is 13.8. The van der Waals surface area contributed by atoms with Crippen molar-refractivity contribution in [2.75, 3.05) is 26.7 Å². The lowest BCUT2D eigenvalue weighted by Gasteiger charge is -2.66. The van der Waals surface area contributed by atoms with E-state index in [9.17, 15) is 4.79 Å². The van der Waals surface area contributed by atoms with Gasteiger partial charge in [-0.3, -0.25) is 9.69 Å². The Morgan fingerprint density at radius 1 is 1.16 bits per heavy atom. The Labute approximate surface area is 226 Å². The van der Waals surface area contributed by atoms with E-state index in [0.29, 0.717) is 11.9 Å². The molecule has 1 aromatic heterocycles. The molecular weight excluding hydrogens is 532 g/mol. The molecule has 4 aliphatic heterocycles. The summed E-state index contributed by atoms with van der Waals surface area (Å²) in [6, 6.07) is 4.99. The van der Waals surface area contributed by atoms with Gasteiger partial charge in [0.2, 0.25) is 5.91 Å². The first-order chi connectivity index (χ1) is 18.0. The Hall–Kier alpha value is -2.19. The van der Waals surface area contributed by atoms with Crippen molar-refractivity contribution in [3.63, 3.8) is 0 Å². The van der Waals surface area contributed by atoms with Crippen LogP contribution < -0.4 is 9.47 Å². The van der Waals surface area contributed by atoms with E-state index in [2.05, 4.69) is 47.8 Å². The highest BCUT2D eigenvalue weighted by Crippen LogP contribution is 2.71. The van der Waals surface area contributed by atoms with Gasteiger partial charge in [0.1, 0.15) is 11.9 Å². The summed E-state index contributed by atoms with van der Waals surface area (Å²) in [5.74, 6) is 3.38. The fourth-order valence-electron chi connectivity index (χ4n) is 9.12. The monoisotopic (exact) mass is 564 g/mol. The van der Waals surface area contributed by atoms with Gasteiger partial charge >= 0.3 is 0 Å². The zero-order chi connectivity index (χ0) is 24.9. The van der Waals surface area contributed by atoms with E-state index < -0.39 is 0 Å². The predicted molar refractivity (Wildman–Crippen MR) is 141 cm³/mol. The fourth-order valence-corrected chi connectivity index (χ4v) is 9.32. The Bertz CT molecular complexity index is 1280. The van der Waals surface area contributed by atoms with Gasteiger partial charge in [0.05, 0.1) is 24.0 Å². The molecule has 5 atom stereocenters. The van der Waals surface area contributed by atoms with Gasteiger partial charge in [-0.25, -0.2) is 9.97 Å². The number of carbonyl (C=O) groups is 1. The van der Waals surface area contributed by atoms with Crippen LogP contribution in [0.3, 0.4) is 0 Å². The van der Waals surface area contributed by atoms with Crippen LogP contribution in [0.1, 0.15) is 55.5 Å². The van der Waals surface area contributed by atoms with Gasteiger partial charge in [-0.2, -0.15) is 0 Å². The maximum absolute atomic E-state index is 13.8. The van der Waals surface area contributed by atoms with Crippen LogP contribution in [0.5, 0.6) is 11.5 Å². The SMILES string of the molecule is COc1ccc2c3c1O[C@H]1[C@H]4CC[C@@]5(CCN4C(=O)Cc4ncc(Br)cn4)[C@H](C2)N(CC2CC2)CC[C@]315. The number of nitrogens with zero attached hydrogens (tertiary/aromatic N) is 4. The number of ether oxygens (including phenoxy) is 2. The first-order valence-corrected chi connectivity index (χ1v) is 14.7. The largest absolute Gasteiger partial charge is 0.493 e. The van der Waals surface area contributed by atoms with Gasteiger partial charge in [-0.05, 0) is 85.0 Å². The lowest BCUT2D eigenvalue weighted by molar-refractivity contribution is -0.143. The second-order valence-electron chi connectivity index (χ2n) is 12.1. The van der Waals surface area contributed by atoms with E-state index in [4.69, 9.17) is 9.47 Å². The maximum Gasteiger partial charge on any atom is 0.230 e. The highest BCUT2D eigenvalue weighted by atomic mass is 79.9. The molecule has 37 heavy (non-hydrogen) atoms. The van der Waals surface area contributed by atoms with E-state index in [0.717, 1.165) is 67.1 Å². The van der Waals surface area contributed by atoms with Crippen LogP contribution in [0.4, 0.5) is 0 Å². The number of halogens is 1. The minimum absolute atomic E-state index is 0.0190. The number of methoxy groups -OCH3 is 1. The Balaban J connectivity index is 1.23. The van der Waals surface area contributed by atoms with Crippen molar-refractivity contribution >= 4 is 21.8 Å². The van der Waals surface area contributed by atoms with Crippen LogP contribution >= 0.6 is 15.9 Å². The minimum Gasteiger partial charge on any atom is -0.493 e. The molecule has 5 fully saturated rings. The summed E-state index contributed by atoms with van der Waals surface area (Å²) < 4.78 is 13.7. The molecule has 194 valence electrons. The third-order valence-electron chi connectivity index (χ3n) is 10.7. The molecule has 7 nitrogen and oxygen atoms in total. The topological polar surface area (TPSA) is 67.8 Å². The normalized spacial score (nSPS) is 35.1. The van der Waals surface area contributed by atoms with Crippen molar-refractivity contribution < 1.29 is 14.3 Å². The number of aromatic nitrogens is 2. The summed E-state index contributed by atoms with van der Waals surface area (Å²) in [5.41, 5.74) is 2.97. The summed E-state index contributed by atoms with van der Waals surface area (Å²) in [6.07, 6.45) is 11.8. The molecule has 1 aromatic carbocycles. The number of hydrogen-bond donors (Lipinski definition) is 0. The molecule has 1 amide bonds. The molecule has 8 heteroatoms. The molecule has 2 saturated carbocycles. The second-order valence-corrected chi connectivity index (χ2v) is 13.1. The third-order valence-corrected chi connectivity index (χ3v) is 11.1. The van der Waals surface area contributed by atoms with Crippen LogP contribution in [-0.2, 0) is 23.1 Å². The van der Waals surface area contributed by atoms with Crippen LogP contribution in [0, 0.1) is 11.3 Å². The van der Waals surface area contributed by atoms with Crippen molar-refractivity contribution in [3.8, 4) is 11.5 Å². The number of benzene rings is 1. The molecule has 2 spiro atoms. The van der Waals surface area contributed by atoms with Gasteiger partial charge in [-0.15, -0.1) is 0 Å². The number of rotatable bonds is 5. The van der Waals surface area contributed by atoms with E-state index in [-0.39, 0.29) is 35.3 Å². The van der Waals surface area contributed by atoms with Crippen molar-refractivity contribution in [3.05, 3.63) is 46.0 Å². The molecule has 0 radical (unpaired) electrons. The molecular formula is C29H33BrN4O3. The van der Waals surface area contributed by atoms with E-state index in [1.807, 2.05) is 0 Å². The smallest absolute Gasteiger partial charge is 0.230 e. The standard InChI is InChI=1S/C29H33BrN4O3/c1-36-21-5-4-18-12-22-28-7-6-20(34(11-8-28)24(35)13-23-31-14-19(30)15-32-23)27-29(28,25(18)26(21)37-27)9-10-33(22)16-17-2-3-17/h4-5,14-15,17,20,22,27H,2-3,6-13,16H2,1H3/t20-,22+,27+,28-,29+/m1/s1. The minimum atomic E-state index is -0.0404. The van der Waals surface area contributed by atoms with Crippen LogP contribution in [0.15, 0.2) is 29.0 Å². The van der Waals surface area contributed by atoms with Gasteiger partial charge in [0, 0.05) is 47.9 Å². The highest BCUT2D eigenvalue weighted by molar-refractivity contribution is 9.10. The fraction of sp³-hybridized carbons (Fsp3) is 0.621. The van der Waals surface area contributed by atoms with Crippen molar-refractivity contribution in [1.29, 1.82) is 0 Å². The number of fused-ring (bicyclic) bond motifs is 3. The summed E-state index contributed by atoms with van der Waals surface area (Å²) in [6.45, 7) is 3.16. The predicted octanol–water partition coefficient (Wildman–Crippen LogP) is 3.91. The quantitative estimate of drug-likeness (QED) is 0.548. The van der Waals surface area contributed by atoms with Gasteiger partial charge in [0.15, 0.2) is 11.5 Å². The molecule has 5 heterocycles. The second kappa shape index (κ2) is 7.92. The summed E-state index contributed by atoms with van der Waals surface area (Å²) in [5, 5.41) is 0. The van der Waals surface area contributed by atoms with Crippen molar-refractivity contribution in [2.45, 2.75) is 75.0 Å². The van der Waals surface area contributed by atoms with Gasteiger partial charge in [-0.1, -0.05) is 6.07 Å². The average Bonchev–Trinajstić information content (AvgIpc) is 3.69. The summed E-state index contributed by atoms with van der Waals surface area (Å²) in [4.78, 5) is 27.6. The number of likely N-dealkylation sites (tertiary alicyclic amines) is 1. The zero-order valence-corrected chi connectivity index (χ0v) is 22.9. The van der Waals surface area contributed by atoms with Crippen LogP contribution in [0.2, 0.25) is 0 Å². The lowest BCUT2D eigenvalue weighted by Crippen LogP contribution is -2.72. The molecule has 0 N–H and O–H groups in total. The molecule has 0 unspecified atom stereocenters. The highest BCUT2D eigenvalue weighted by Gasteiger charge is 2.74. The number of hydrogen-bond acceptors (Lipinski definition) is 6. The molecule has 7 aliphatic rings. The van der Waals surface area contributed by atoms with Gasteiger partial charge in [0.25, 0.3) is 0 Å². The van der Waals surface area contributed by atoms with Gasteiger partial charge < -0.3 is 14.4 Å². The number of amides is 1. The van der Waals surface area contributed by atoms with E-state index in [1.54, 1.807) is 19.5 Å². The number of piperidine rings is 1. The van der Waals surface area contributed by atoms with E-state index >= 15 is 0 Å². The van der Waals surface area contributed by atoms with Crippen LogP contribution in [-0.4, -0.2) is 70.6 Å². The lowest BCUT2D eigenvalue weighted by atomic mass is 9.42. The summed E-state index contributed by atoms with van der Waals surface area (Å²) in [7, 11) is 1.75. The molecule has 2 aromatic rings. The molecule has 4 bridgehead atoms. The van der Waals surface area contributed by atoms with E-state index in [1.165, 1.54) is 30.5 Å². The van der Waals surface area contributed by atoms with Crippen LogP contribution in [0.25, 0.3) is 0 Å².